The molecule has 0 bridgehead atoms. The zero-order valence-corrected chi connectivity index (χ0v) is 19.2. The highest BCUT2D eigenvalue weighted by atomic mass is 32.1. The van der Waals surface area contributed by atoms with Crippen LogP contribution in [0.2, 0.25) is 0 Å². The number of nitrogens with zero attached hydrogens (tertiary/aromatic N) is 3. The highest BCUT2D eigenvalue weighted by Gasteiger charge is 2.19. The maximum absolute atomic E-state index is 13.0. The smallest absolute Gasteiger partial charge is 0.267 e. The summed E-state index contributed by atoms with van der Waals surface area (Å²) in [5, 5.41) is 6.96. The summed E-state index contributed by atoms with van der Waals surface area (Å²) >= 11 is 1.31. The Morgan fingerprint density at radius 3 is 2.53 bits per heavy atom. The Labute approximate surface area is 182 Å². The van der Waals surface area contributed by atoms with E-state index in [0.717, 1.165) is 23.4 Å². The topological polar surface area (TPSA) is 79.8 Å². The molecule has 0 aliphatic heterocycles. The second-order valence-electron chi connectivity index (χ2n) is 7.83. The lowest BCUT2D eigenvalue weighted by atomic mass is 9.90. The molecule has 0 fully saturated rings. The average Bonchev–Trinajstić information content (AvgIpc) is 3.15. The lowest BCUT2D eigenvalue weighted by Gasteiger charge is -2.21. The van der Waals surface area contributed by atoms with E-state index >= 15 is 0 Å². The molecule has 30 heavy (non-hydrogen) atoms. The van der Waals surface area contributed by atoms with Crippen LogP contribution in [0.25, 0.3) is 0 Å². The van der Waals surface area contributed by atoms with Gasteiger partial charge in [0, 0.05) is 17.4 Å². The number of rotatable bonds is 7. The lowest BCUT2D eigenvalue weighted by molar-refractivity contribution is 0.103. The van der Waals surface area contributed by atoms with Gasteiger partial charge in [0.2, 0.25) is 0 Å². The number of hydrogen-bond acceptors (Lipinski definition) is 6. The second kappa shape index (κ2) is 9.34. The number of aromatic nitrogens is 3. The van der Waals surface area contributed by atoms with Crippen molar-refractivity contribution in [1.82, 2.24) is 15.0 Å². The first kappa shape index (κ1) is 21.9. The van der Waals surface area contributed by atoms with E-state index in [4.69, 9.17) is 0 Å². The van der Waals surface area contributed by atoms with E-state index in [1.54, 1.807) is 6.20 Å². The predicted molar refractivity (Wildman–Crippen MR) is 124 cm³/mol. The van der Waals surface area contributed by atoms with Gasteiger partial charge in [-0.15, -0.1) is 0 Å². The minimum absolute atomic E-state index is 0.145. The fourth-order valence-corrected chi connectivity index (χ4v) is 4.07. The van der Waals surface area contributed by atoms with E-state index in [0.29, 0.717) is 33.5 Å². The molecule has 6 nitrogen and oxygen atoms in total. The molecule has 0 saturated carbocycles. The first-order valence-corrected chi connectivity index (χ1v) is 11.1. The molecule has 0 spiro atoms. The number of thiazole rings is 1. The Morgan fingerprint density at radius 2 is 1.87 bits per heavy atom. The summed E-state index contributed by atoms with van der Waals surface area (Å²) in [7, 11) is 0. The van der Waals surface area contributed by atoms with E-state index in [1.165, 1.54) is 16.9 Å². The molecular formula is C23H29N5OS. The van der Waals surface area contributed by atoms with E-state index in [9.17, 15) is 4.79 Å². The summed E-state index contributed by atoms with van der Waals surface area (Å²) in [6.07, 6.45) is 2.61. The third-order valence-electron chi connectivity index (χ3n) is 5.06. The van der Waals surface area contributed by atoms with E-state index in [1.807, 2.05) is 19.9 Å². The van der Waals surface area contributed by atoms with Crippen molar-refractivity contribution in [3.8, 4) is 0 Å². The molecule has 1 amide bonds. The molecule has 2 N–H and O–H groups in total. The normalized spacial score (nSPS) is 12.1. The summed E-state index contributed by atoms with van der Waals surface area (Å²) in [4.78, 5) is 26.6. The van der Waals surface area contributed by atoms with Gasteiger partial charge in [-0.3, -0.25) is 4.79 Å². The Kier molecular flexibility index (Phi) is 6.82. The van der Waals surface area contributed by atoms with Gasteiger partial charge in [0.05, 0.1) is 6.20 Å². The van der Waals surface area contributed by atoms with E-state index < -0.39 is 0 Å². The molecule has 7 heteroatoms. The number of carbonyl (C=O) groups is 1. The predicted octanol–water partition coefficient (Wildman–Crippen LogP) is 6.18. The summed E-state index contributed by atoms with van der Waals surface area (Å²) in [6, 6.07) is 8.12. The summed E-state index contributed by atoms with van der Waals surface area (Å²) in [5.41, 5.74) is 4.13. The van der Waals surface area contributed by atoms with Crippen molar-refractivity contribution in [2.75, 3.05) is 10.6 Å². The molecule has 1 aromatic carbocycles. The molecule has 3 aromatic rings. The number of anilines is 3. The standard InChI is InChI=1S/C23H29N5OS/c1-7-14(4)18-10-8-9-17(13(2)3)21(18)28-22(29)19-12-24-23(30-19)27-20-11-15(5)25-16(6)26-20/h8-14H,7H2,1-6H3,(H,28,29)(H,24,25,26,27). The van der Waals surface area contributed by atoms with Gasteiger partial charge >= 0.3 is 0 Å². The largest absolute Gasteiger partial charge is 0.321 e. The highest BCUT2D eigenvalue weighted by molar-refractivity contribution is 7.17. The fourth-order valence-electron chi connectivity index (χ4n) is 3.35. The average molecular weight is 424 g/mol. The van der Waals surface area contributed by atoms with Crippen LogP contribution < -0.4 is 10.6 Å². The number of amides is 1. The van der Waals surface area contributed by atoms with Crippen LogP contribution in [-0.2, 0) is 0 Å². The fraction of sp³-hybridized carbons (Fsp3) is 0.391. The number of carbonyl (C=O) groups excluding carboxylic acids is 1. The molecule has 0 aliphatic rings. The van der Waals surface area contributed by atoms with E-state index in [2.05, 4.69) is 71.5 Å². The summed E-state index contributed by atoms with van der Waals surface area (Å²) < 4.78 is 0. The van der Waals surface area contributed by atoms with Crippen LogP contribution in [0, 0.1) is 13.8 Å². The zero-order valence-electron chi connectivity index (χ0n) is 18.4. The lowest BCUT2D eigenvalue weighted by Crippen LogP contribution is -2.15. The zero-order chi connectivity index (χ0) is 21.8. The number of para-hydroxylation sites is 1. The van der Waals surface area contributed by atoms with E-state index in [-0.39, 0.29) is 5.91 Å². The molecule has 0 aliphatic carbocycles. The first-order valence-electron chi connectivity index (χ1n) is 10.3. The van der Waals surface area contributed by atoms with Crippen LogP contribution in [-0.4, -0.2) is 20.9 Å². The summed E-state index contributed by atoms with van der Waals surface area (Å²) in [6.45, 7) is 12.4. The molecule has 158 valence electrons. The third kappa shape index (κ3) is 5.02. The van der Waals surface area contributed by atoms with Crippen LogP contribution in [0.1, 0.15) is 78.3 Å². The number of benzene rings is 1. The van der Waals surface area contributed by atoms with Crippen molar-refractivity contribution in [2.45, 2.75) is 59.8 Å². The Morgan fingerprint density at radius 1 is 1.13 bits per heavy atom. The van der Waals surface area contributed by atoms with Crippen LogP contribution in [0.15, 0.2) is 30.5 Å². The molecule has 3 rings (SSSR count). The molecular weight excluding hydrogens is 394 g/mol. The first-order chi connectivity index (χ1) is 14.3. The molecule has 2 heterocycles. The van der Waals surface area contributed by atoms with Crippen molar-refractivity contribution >= 4 is 33.9 Å². The van der Waals surface area contributed by atoms with Gasteiger partial charge < -0.3 is 10.6 Å². The molecule has 2 aromatic heterocycles. The van der Waals surface area contributed by atoms with Gasteiger partial charge in [0.15, 0.2) is 5.13 Å². The van der Waals surface area contributed by atoms with Crippen molar-refractivity contribution < 1.29 is 4.79 Å². The van der Waals surface area contributed by atoms with Crippen molar-refractivity contribution in [2.24, 2.45) is 0 Å². The summed E-state index contributed by atoms with van der Waals surface area (Å²) in [5.74, 6) is 1.89. The van der Waals surface area contributed by atoms with Crippen LogP contribution in [0.3, 0.4) is 0 Å². The van der Waals surface area contributed by atoms with Crippen LogP contribution in [0.4, 0.5) is 16.6 Å². The van der Waals surface area contributed by atoms with Crippen LogP contribution in [0.5, 0.6) is 0 Å². The quantitative estimate of drug-likeness (QED) is 0.474. The van der Waals surface area contributed by atoms with Crippen molar-refractivity contribution in [3.63, 3.8) is 0 Å². The van der Waals surface area contributed by atoms with Gasteiger partial charge in [-0.2, -0.15) is 0 Å². The molecule has 0 radical (unpaired) electrons. The van der Waals surface area contributed by atoms with Crippen molar-refractivity contribution in [1.29, 1.82) is 0 Å². The Balaban J connectivity index is 1.83. The van der Waals surface area contributed by atoms with Gasteiger partial charge in [-0.05, 0) is 43.2 Å². The highest BCUT2D eigenvalue weighted by Crippen LogP contribution is 2.34. The Bertz CT molecular complexity index is 1020. The molecule has 0 saturated heterocycles. The molecule has 1 unspecified atom stereocenters. The van der Waals surface area contributed by atoms with Gasteiger partial charge in [-0.1, -0.05) is 57.2 Å². The van der Waals surface area contributed by atoms with Gasteiger partial charge in [0.25, 0.3) is 5.91 Å². The number of aryl methyl sites for hydroxylation is 2. The second-order valence-corrected chi connectivity index (χ2v) is 8.86. The monoisotopic (exact) mass is 423 g/mol. The number of nitrogens with one attached hydrogen (secondary N) is 2. The minimum Gasteiger partial charge on any atom is -0.321 e. The van der Waals surface area contributed by atoms with Crippen molar-refractivity contribution in [3.05, 3.63) is 58.0 Å². The Hall–Kier alpha value is -2.80. The number of hydrogen-bond donors (Lipinski definition) is 2. The molecule has 1 atom stereocenters. The minimum atomic E-state index is -0.145. The van der Waals surface area contributed by atoms with Gasteiger partial charge in [0.1, 0.15) is 16.5 Å². The van der Waals surface area contributed by atoms with Gasteiger partial charge in [-0.25, -0.2) is 15.0 Å². The SMILES string of the molecule is CCC(C)c1cccc(C(C)C)c1NC(=O)c1cnc(Nc2cc(C)nc(C)n2)s1. The maximum atomic E-state index is 13.0. The van der Waals surface area contributed by atoms with Crippen LogP contribution >= 0.6 is 11.3 Å². The maximum Gasteiger partial charge on any atom is 0.267 e. The third-order valence-corrected chi connectivity index (χ3v) is 5.97.